The van der Waals surface area contributed by atoms with Gasteiger partial charge in [0.25, 0.3) is 5.91 Å². The van der Waals surface area contributed by atoms with Gasteiger partial charge in [-0.2, -0.15) is 0 Å². The second-order valence-electron chi connectivity index (χ2n) is 3.86. The van der Waals surface area contributed by atoms with Crippen LogP contribution >= 0.6 is 0 Å². The van der Waals surface area contributed by atoms with Gasteiger partial charge in [-0.15, -0.1) is 10.2 Å². The molecule has 0 saturated heterocycles. The van der Waals surface area contributed by atoms with Crippen LogP contribution in [0, 0.1) is 0 Å². The van der Waals surface area contributed by atoms with Gasteiger partial charge in [-0.05, 0) is 32.4 Å². The van der Waals surface area contributed by atoms with Crippen LogP contribution in [0.25, 0.3) is 0 Å². The van der Waals surface area contributed by atoms with Crippen molar-refractivity contribution < 1.29 is 4.79 Å². The highest BCUT2D eigenvalue weighted by Crippen LogP contribution is 2.02. The molecule has 0 saturated carbocycles. The molecule has 0 aliphatic heterocycles. The second-order valence-corrected chi connectivity index (χ2v) is 3.86. The van der Waals surface area contributed by atoms with Crippen LogP contribution in [0.2, 0.25) is 0 Å². The van der Waals surface area contributed by atoms with Crippen LogP contribution in [-0.4, -0.2) is 28.7 Å². The molecular formula is C11H18N4O. The number of carbonyl (C=O) groups is 1. The molecule has 0 radical (unpaired) electrons. The molecule has 5 nitrogen and oxygen atoms in total. The summed E-state index contributed by atoms with van der Waals surface area (Å²) < 4.78 is 0. The Hall–Kier alpha value is -1.65. The number of nitrogens with zero attached hydrogens (tertiary/aromatic N) is 2. The third-order valence-corrected chi connectivity index (χ3v) is 1.87. The Morgan fingerprint density at radius 2 is 2.12 bits per heavy atom. The quantitative estimate of drug-likeness (QED) is 0.791. The fourth-order valence-corrected chi connectivity index (χ4v) is 1.14. The second kappa shape index (κ2) is 6.05. The maximum atomic E-state index is 11.5. The molecule has 0 atom stereocenters. The molecule has 0 aromatic carbocycles. The maximum absolute atomic E-state index is 11.5. The van der Waals surface area contributed by atoms with E-state index in [0.717, 1.165) is 13.0 Å². The standard InChI is InChI=1S/C11H18N4O/c1-4-7-12-10-6-5-9(14-15-10)11(16)13-8(2)3/h5-6,8H,4,7H2,1-3H3,(H,12,15)(H,13,16). The predicted molar refractivity (Wildman–Crippen MR) is 63.4 cm³/mol. The summed E-state index contributed by atoms with van der Waals surface area (Å²) in [7, 11) is 0. The third kappa shape index (κ3) is 3.84. The normalized spacial score (nSPS) is 10.2. The Bertz CT molecular complexity index is 334. The third-order valence-electron chi connectivity index (χ3n) is 1.87. The zero-order valence-electron chi connectivity index (χ0n) is 9.95. The molecule has 16 heavy (non-hydrogen) atoms. The average molecular weight is 222 g/mol. The lowest BCUT2D eigenvalue weighted by atomic mass is 10.3. The lowest BCUT2D eigenvalue weighted by Crippen LogP contribution is -2.30. The lowest BCUT2D eigenvalue weighted by molar-refractivity contribution is 0.0937. The highest BCUT2D eigenvalue weighted by Gasteiger charge is 2.08. The minimum Gasteiger partial charge on any atom is -0.369 e. The minimum atomic E-state index is -0.190. The SMILES string of the molecule is CCCNc1ccc(C(=O)NC(C)C)nn1. The first-order valence-electron chi connectivity index (χ1n) is 5.52. The lowest BCUT2D eigenvalue weighted by Gasteiger charge is -2.07. The largest absolute Gasteiger partial charge is 0.369 e. The van der Waals surface area contributed by atoms with Crippen molar-refractivity contribution in [3.8, 4) is 0 Å². The first-order chi connectivity index (χ1) is 7.63. The monoisotopic (exact) mass is 222 g/mol. The Labute approximate surface area is 95.7 Å². The predicted octanol–water partition coefficient (Wildman–Crippen LogP) is 1.44. The van der Waals surface area contributed by atoms with Gasteiger partial charge in [-0.25, -0.2) is 0 Å². The first kappa shape index (κ1) is 12.4. The highest BCUT2D eigenvalue weighted by atomic mass is 16.1. The van der Waals surface area contributed by atoms with E-state index in [1.165, 1.54) is 0 Å². The molecular weight excluding hydrogens is 204 g/mol. The number of amides is 1. The van der Waals surface area contributed by atoms with E-state index in [9.17, 15) is 4.79 Å². The molecule has 0 fully saturated rings. The molecule has 1 heterocycles. The molecule has 0 bridgehead atoms. The summed E-state index contributed by atoms with van der Waals surface area (Å²) in [5, 5.41) is 13.6. The molecule has 0 unspecified atom stereocenters. The van der Waals surface area contributed by atoms with Gasteiger partial charge in [0.1, 0.15) is 5.82 Å². The van der Waals surface area contributed by atoms with Gasteiger partial charge >= 0.3 is 0 Å². The molecule has 0 aliphatic rings. The van der Waals surface area contributed by atoms with Gasteiger partial charge in [0.2, 0.25) is 0 Å². The smallest absolute Gasteiger partial charge is 0.271 e. The van der Waals surface area contributed by atoms with E-state index in [2.05, 4.69) is 27.8 Å². The van der Waals surface area contributed by atoms with Gasteiger partial charge < -0.3 is 10.6 Å². The van der Waals surface area contributed by atoms with E-state index in [0.29, 0.717) is 11.5 Å². The molecule has 1 aromatic rings. The van der Waals surface area contributed by atoms with Gasteiger partial charge in [0.15, 0.2) is 5.69 Å². The number of anilines is 1. The molecule has 5 heteroatoms. The van der Waals surface area contributed by atoms with Crippen LogP contribution < -0.4 is 10.6 Å². The summed E-state index contributed by atoms with van der Waals surface area (Å²) in [6.45, 7) is 6.74. The molecule has 88 valence electrons. The number of rotatable bonds is 5. The molecule has 2 N–H and O–H groups in total. The Balaban J connectivity index is 2.60. The molecule has 1 rings (SSSR count). The number of nitrogens with one attached hydrogen (secondary N) is 2. The Morgan fingerprint density at radius 1 is 1.38 bits per heavy atom. The van der Waals surface area contributed by atoms with Crippen molar-refractivity contribution in [3.05, 3.63) is 17.8 Å². The van der Waals surface area contributed by atoms with Crippen LogP contribution in [0.4, 0.5) is 5.82 Å². The van der Waals surface area contributed by atoms with Gasteiger partial charge in [-0.1, -0.05) is 6.92 Å². The Kier molecular flexibility index (Phi) is 4.69. The molecule has 0 spiro atoms. The Morgan fingerprint density at radius 3 is 2.62 bits per heavy atom. The van der Waals surface area contributed by atoms with Crippen LogP contribution in [0.15, 0.2) is 12.1 Å². The topological polar surface area (TPSA) is 66.9 Å². The number of aromatic nitrogens is 2. The maximum Gasteiger partial charge on any atom is 0.271 e. The fraction of sp³-hybridized carbons (Fsp3) is 0.545. The van der Waals surface area contributed by atoms with Crippen molar-refractivity contribution in [3.63, 3.8) is 0 Å². The highest BCUT2D eigenvalue weighted by molar-refractivity contribution is 5.92. The summed E-state index contributed by atoms with van der Waals surface area (Å²) in [5.74, 6) is 0.507. The summed E-state index contributed by atoms with van der Waals surface area (Å²) in [6, 6.07) is 3.54. The molecule has 0 aliphatic carbocycles. The summed E-state index contributed by atoms with van der Waals surface area (Å²) in [5.41, 5.74) is 0.343. The van der Waals surface area contributed by atoms with E-state index >= 15 is 0 Å². The van der Waals surface area contributed by atoms with Crippen molar-refractivity contribution >= 4 is 11.7 Å². The average Bonchev–Trinajstić information content (AvgIpc) is 2.26. The van der Waals surface area contributed by atoms with Crippen LogP contribution in [-0.2, 0) is 0 Å². The number of hydrogen-bond donors (Lipinski definition) is 2. The van der Waals surface area contributed by atoms with E-state index < -0.39 is 0 Å². The summed E-state index contributed by atoms with van der Waals surface area (Å²) in [4.78, 5) is 11.5. The van der Waals surface area contributed by atoms with Crippen molar-refractivity contribution in [1.29, 1.82) is 0 Å². The summed E-state index contributed by atoms with van der Waals surface area (Å²) >= 11 is 0. The van der Waals surface area contributed by atoms with Crippen molar-refractivity contribution in [2.24, 2.45) is 0 Å². The van der Waals surface area contributed by atoms with E-state index in [4.69, 9.17) is 0 Å². The van der Waals surface area contributed by atoms with Gasteiger partial charge in [0.05, 0.1) is 0 Å². The van der Waals surface area contributed by atoms with Gasteiger partial charge in [0, 0.05) is 12.6 Å². The number of hydrogen-bond acceptors (Lipinski definition) is 4. The zero-order valence-corrected chi connectivity index (χ0v) is 9.95. The van der Waals surface area contributed by atoms with Gasteiger partial charge in [-0.3, -0.25) is 4.79 Å². The van der Waals surface area contributed by atoms with E-state index in [-0.39, 0.29) is 11.9 Å². The fourth-order valence-electron chi connectivity index (χ4n) is 1.14. The van der Waals surface area contributed by atoms with Crippen LogP contribution in [0.5, 0.6) is 0 Å². The van der Waals surface area contributed by atoms with Crippen molar-refractivity contribution in [2.75, 3.05) is 11.9 Å². The summed E-state index contributed by atoms with van der Waals surface area (Å²) in [6.07, 6.45) is 1.03. The molecule has 1 amide bonds. The van der Waals surface area contributed by atoms with Crippen molar-refractivity contribution in [1.82, 2.24) is 15.5 Å². The molecule has 1 aromatic heterocycles. The number of carbonyl (C=O) groups excluding carboxylic acids is 1. The van der Waals surface area contributed by atoms with E-state index in [1.807, 2.05) is 13.8 Å². The van der Waals surface area contributed by atoms with Crippen LogP contribution in [0.3, 0.4) is 0 Å². The van der Waals surface area contributed by atoms with E-state index in [1.54, 1.807) is 12.1 Å². The minimum absolute atomic E-state index is 0.104. The first-order valence-corrected chi connectivity index (χ1v) is 5.52. The zero-order chi connectivity index (χ0) is 12.0. The van der Waals surface area contributed by atoms with Crippen molar-refractivity contribution in [2.45, 2.75) is 33.2 Å². The van der Waals surface area contributed by atoms with Crippen LogP contribution in [0.1, 0.15) is 37.7 Å².